The maximum absolute atomic E-state index is 13.6. The van der Waals surface area contributed by atoms with Gasteiger partial charge >= 0.3 is 0 Å². The SMILES string of the molecule is CC1CCN(c2cc(N3CCCC3)c3noc4c3c2C(=O)c2ccccc2-4)CC1. The first-order chi connectivity index (χ1) is 14.2. The number of benzene rings is 2. The van der Waals surface area contributed by atoms with Crippen molar-refractivity contribution in [3.05, 3.63) is 41.5 Å². The number of hydrogen-bond donors (Lipinski definition) is 0. The van der Waals surface area contributed by atoms with Gasteiger partial charge in [-0.2, -0.15) is 0 Å². The van der Waals surface area contributed by atoms with Crippen LogP contribution in [0.15, 0.2) is 34.9 Å². The second-order valence-electron chi connectivity index (χ2n) is 8.76. The average Bonchev–Trinajstić information content (AvgIpc) is 3.43. The minimum atomic E-state index is 0.0999. The van der Waals surface area contributed by atoms with Crippen molar-refractivity contribution in [1.82, 2.24) is 5.16 Å². The Labute approximate surface area is 170 Å². The molecule has 148 valence electrons. The summed E-state index contributed by atoms with van der Waals surface area (Å²) in [6, 6.07) is 9.99. The van der Waals surface area contributed by atoms with Crippen molar-refractivity contribution in [3.8, 4) is 11.3 Å². The number of hydrogen-bond acceptors (Lipinski definition) is 5. The van der Waals surface area contributed by atoms with Gasteiger partial charge in [0.2, 0.25) is 0 Å². The fourth-order valence-corrected chi connectivity index (χ4v) is 5.22. The Morgan fingerprint density at radius 3 is 2.41 bits per heavy atom. The Balaban J connectivity index is 1.63. The molecule has 3 aliphatic rings. The molecule has 0 saturated carbocycles. The lowest BCUT2D eigenvalue weighted by Crippen LogP contribution is -2.34. The Bertz CT molecular complexity index is 1120. The maximum Gasteiger partial charge on any atom is 0.196 e. The first-order valence-corrected chi connectivity index (χ1v) is 10.8. The predicted molar refractivity (Wildman–Crippen MR) is 115 cm³/mol. The van der Waals surface area contributed by atoms with Crippen LogP contribution in [0, 0.1) is 5.92 Å². The normalized spacial score (nSPS) is 19.3. The molecule has 1 aromatic heterocycles. The van der Waals surface area contributed by atoms with Gasteiger partial charge in [-0.05, 0) is 37.7 Å². The van der Waals surface area contributed by atoms with Crippen molar-refractivity contribution in [1.29, 1.82) is 0 Å². The summed E-state index contributed by atoms with van der Waals surface area (Å²) >= 11 is 0. The third kappa shape index (κ3) is 2.46. The molecule has 1 aliphatic carbocycles. The van der Waals surface area contributed by atoms with Crippen molar-refractivity contribution >= 4 is 28.1 Å². The molecule has 2 aliphatic heterocycles. The van der Waals surface area contributed by atoms with Gasteiger partial charge in [-0.15, -0.1) is 0 Å². The molecule has 5 heteroatoms. The molecule has 2 fully saturated rings. The van der Waals surface area contributed by atoms with Gasteiger partial charge in [-0.25, -0.2) is 0 Å². The molecule has 0 radical (unpaired) electrons. The summed E-state index contributed by atoms with van der Waals surface area (Å²) in [5.74, 6) is 1.59. The van der Waals surface area contributed by atoms with Crippen molar-refractivity contribution in [2.75, 3.05) is 36.0 Å². The van der Waals surface area contributed by atoms with Crippen molar-refractivity contribution < 1.29 is 9.32 Å². The van der Waals surface area contributed by atoms with Gasteiger partial charge in [0.1, 0.15) is 5.52 Å². The predicted octanol–water partition coefficient (Wildman–Crippen LogP) is 4.88. The highest BCUT2D eigenvalue weighted by Crippen LogP contribution is 2.47. The Kier molecular flexibility index (Phi) is 3.73. The second-order valence-corrected chi connectivity index (χ2v) is 8.76. The van der Waals surface area contributed by atoms with E-state index in [1.165, 1.54) is 12.8 Å². The Morgan fingerprint density at radius 2 is 1.66 bits per heavy atom. The molecule has 3 aromatic rings. The molecule has 0 unspecified atom stereocenters. The first kappa shape index (κ1) is 17.1. The van der Waals surface area contributed by atoms with Crippen molar-refractivity contribution in [3.63, 3.8) is 0 Å². The number of fused-ring (bicyclic) bond motifs is 2. The van der Waals surface area contributed by atoms with E-state index < -0.39 is 0 Å². The Hall–Kier alpha value is -2.82. The minimum absolute atomic E-state index is 0.0999. The summed E-state index contributed by atoms with van der Waals surface area (Å²) in [4.78, 5) is 18.5. The highest BCUT2D eigenvalue weighted by molar-refractivity contribution is 6.28. The molecule has 0 amide bonds. The summed E-state index contributed by atoms with van der Waals surface area (Å²) in [5, 5.41) is 5.39. The zero-order chi connectivity index (χ0) is 19.5. The number of piperidine rings is 1. The number of rotatable bonds is 2. The van der Waals surface area contributed by atoms with Crippen LogP contribution in [0.2, 0.25) is 0 Å². The monoisotopic (exact) mass is 387 g/mol. The zero-order valence-corrected chi connectivity index (χ0v) is 16.8. The van der Waals surface area contributed by atoms with Crippen LogP contribution in [-0.4, -0.2) is 37.1 Å². The van der Waals surface area contributed by atoms with Crippen LogP contribution in [0.5, 0.6) is 0 Å². The molecule has 0 bridgehead atoms. The van der Waals surface area contributed by atoms with Crippen LogP contribution in [0.3, 0.4) is 0 Å². The van der Waals surface area contributed by atoms with Gasteiger partial charge in [0, 0.05) is 37.3 Å². The molecule has 2 saturated heterocycles. The summed E-state index contributed by atoms with van der Waals surface area (Å²) in [6.45, 7) is 6.39. The van der Waals surface area contributed by atoms with Gasteiger partial charge in [-0.1, -0.05) is 36.3 Å². The van der Waals surface area contributed by atoms with E-state index in [-0.39, 0.29) is 5.78 Å². The van der Waals surface area contributed by atoms with E-state index in [1.807, 2.05) is 24.3 Å². The van der Waals surface area contributed by atoms with E-state index in [2.05, 4.69) is 27.9 Å². The molecular weight excluding hydrogens is 362 g/mol. The third-order valence-electron chi connectivity index (χ3n) is 6.93. The van der Waals surface area contributed by atoms with Crippen LogP contribution in [0.1, 0.15) is 48.5 Å². The molecule has 0 N–H and O–H groups in total. The topological polar surface area (TPSA) is 49.6 Å². The second kappa shape index (κ2) is 6.34. The molecule has 0 spiro atoms. The van der Waals surface area contributed by atoms with E-state index in [0.717, 1.165) is 89.7 Å². The summed E-state index contributed by atoms with van der Waals surface area (Å²) in [7, 11) is 0. The molecule has 6 rings (SSSR count). The van der Waals surface area contributed by atoms with E-state index in [4.69, 9.17) is 4.52 Å². The highest BCUT2D eigenvalue weighted by Gasteiger charge is 2.35. The first-order valence-electron chi connectivity index (χ1n) is 10.8. The van der Waals surface area contributed by atoms with E-state index in [0.29, 0.717) is 0 Å². The molecule has 3 heterocycles. The standard InChI is InChI=1S/C24H25N3O2/c1-15-8-12-27(13-9-15)18-14-19(26-10-4-5-11-26)22-21-20(18)23(28)16-6-2-3-7-17(16)24(21)29-25-22/h2-3,6-7,14-15H,4-5,8-13H2,1H3. The van der Waals surface area contributed by atoms with Gasteiger partial charge in [0.05, 0.1) is 22.3 Å². The lowest BCUT2D eigenvalue weighted by molar-refractivity contribution is 0.104. The van der Waals surface area contributed by atoms with Crippen LogP contribution in [0.4, 0.5) is 11.4 Å². The molecular formula is C24H25N3O2. The van der Waals surface area contributed by atoms with Crippen molar-refractivity contribution in [2.24, 2.45) is 5.92 Å². The van der Waals surface area contributed by atoms with E-state index >= 15 is 0 Å². The van der Waals surface area contributed by atoms with Gasteiger partial charge in [-0.3, -0.25) is 4.79 Å². The Morgan fingerprint density at radius 1 is 0.966 bits per heavy atom. The minimum Gasteiger partial charge on any atom is -0.371 e. The summed E-state index contributed by atoms with van der Waals surface area (Å²) < 4.78 is 5.88. The van der Waals surface area contributed by atoms with Crippen LogP contribution in [0.25, 0.3) is 22.2 Å². The van der Waals surface area contributed by atoms with Crippen LogP contribution < -0.4 is 9.80 Å². The van der Waals surface area contributed by atoms with Gasteiger partial charge < -0.3 is 14.3 Å². The van der Waals surface area contributed by atoms with E-state index in [9.17, 15) is 4.79 Å². The molecule has 2 aromatic carbocycles. The average molecular weight is 387 g/mol. The number of anilines is 2. The van der Waals surface area contributed by atoms with Gasteiger partial charge in [0.25, 0.3) is 0 Å². The molecule has 29 heavy (non-hydrogen) atoms. The third-order valence-corrected chi connectivity index (χ3v) is 6.93. The molecule has 0 atom stereocenters. The number of carbonyl (C=O) groups excluding carboxylic acids is 1. The smallest absolute Gasteiger partial charge is 0.196 e. The summed E-state index contributed by atoms with van der Waals surface area (Å²) in [6.07, 6.45) is 4.73. The highest BCUT2D eigenvalue weighted by atomic mass is 16.5. The fourth-order valence-electron chi connectivity index (χ4n) is 5.22. The van der Waals surface area contributed by atoms with Crippen molar-refractivity contribution in [2.45, 2.75) is 32.6 Å². The maximum atomic E-state index is 13.6. The van der Waals surface area contributed by atoms with Gasteiger partial charge in [0.15, 0.2) is 11.5 Å². The quantitative estimate of drug-likeness (QED) is 0.491. The van der Waals surface area contributed by atoms with E-state index in [1.54, 1.807) is 0 Å². The number of nitrogens with zero attached hydrogens (tertiary/aromatic N) is 3. The fraction of sp³-hybridized carbons (Fsp3) is 0.417. The zero-order valence-electron chi connectivity index (χ0n) is 16.8. The number of carbonyl (C=O) groups is 1. The van der Waals surface area contributed by atoms with Crippen LogP contribution >= 0.6 is 0 Å². The number of aromatic nitrogens is 1. The lowest BCUT2D eigenvalue weighted by Gasteiger charge is -2.35. The molecule has 5 nitrogen and oxygen atoms in total. The van der Waals surface area contributed by atoms with Crippen LogP contribution in [-0.2, 0) is 0 Å². The lowest BCUT2D eigenvalue weighted by atomic mass is 9.85. The summed E-state index contributed by atoms with van der Waals surface area (Å²) in [5.41, 5.74) is 5.40. The number of ketones is 1. The largest absolute Gasteiger partial charge is 0.371 e.